The zero-order chi connectivity index (χ0) is 9.26. The Morgan fingerprint density at radius 3 is 2.69 bits per heavy atom. The molecule has 1 N–H and O–H groups in total. The van der Waals surface area contributed by atoms with Crippen LogP contribution >= 0.6 is 27.7 Å². The molecule has 1 aliphatic rings. The number of rotatable bonds is 3. The lowest BCUT2D eigenvalue weighted by atomic mass is 10.1. The second-order valence-electron chi connectivity index (χ2n) is 3.49. The summed E-state index contributed by atoms with van der Waals surface area (Å²) in [5, 5.41) is 0. The highest BCUT2D eigenvalue weighted by atomic mass is 79.9. The molecule has 70 valence electrons. The molecule has 0 aromatic heterocycles. The van der Waals surface area contributed by atoms with Crippen molar-refractivity contribution in [2.75, 3.05) is 6.54 Å². The van der Waals surface area contributed by atoms with Crippen molar-refractivity contribution in [1.29, 1.82) is 0 Å². The van der Waals surface area contributed by atoms with Gasteiger partial charge in [-0.1, -0.05) is 28.1 Å². The average molecular weight is 261 g/mol. The zero-order valence-electron chi connectivity index (χ0n) is 7.13. The first kappa shape index (κ1) is 9.50. The molecule has 0 radical (unpaired) electrons. The van der Waals surface area contributed by atoms with Gasteiger partial charge in [-0.15, -0.1) is 0 Å². The highest BCUT2D eigenvalue weighted by molar-refractivity contribution is 9.10. The summed E-state index contributed by atoms with van der Waals surface area (Å²) in [5.74, 6) is 1.46. The van der Waals surface area contributed by atoms with E-state index in [9.17, 15) is 0 Å². The minimum Gasteiger partial charge on any atom is -0.233 e. The van der Waals surface area contributed by atoms with Gasteiger partial charge >= 0.3 is 0 Å². The molecule has 2 atom stereocenters. The van der Waals surface area contributed by atoms with Crippen molar-refractivity contribution in [1.82, 2.24) is 4.84 Å². The molecule has 0 spiro atoms. The van der Waals surface area contributed by atoms with E-state index in [0.717, 1.165) is 22.9 Å². The minimum atomic E-state index is 0.722. The van der Waals surface area contributed by atoms with Crippen LogP contribution in [0, 0.1) is 5.92 Å². The molecule has 0 saturated heterocycles. The number of nitrogens with one attached hydrogen (secondary N) is 1. The van der Waals surface area contributed by atoms with Crippen molar-refractivity contribution in [3.05, 3.63) is 34.3 Å². The van der Waals surface area contributed by atoms with Gasteiger partial charge in [-0.25, -0.2) is 4.84 Å². The van der Waals surface area contributed by atoms with Crippen molar-refractivity contribution < 1.29 is 0 Å². The molecular weight excluding hydrogens is 249 g/mol. The van der Waals surface area contributed by atoms with E-state index < -0.39 is 0 Å². The maximum atomic E-state index is 5.46. The van der Waals surface area contributed by atoms with Gasteiger partial charge in [-0.3, -0.25) is 0 Å². The highest BCUT2D eigenvalue weighted by Crippen LogP contribution is 2.47. The van der Waals surface area contributed by atoms with E-state index in [1.807, 2.05) is 0 Å². The van der Waals surface area contributed by atoms with Crippen LogP contribution in [0.3, 0.4) is 0 Å². The van der Waals surface area contributed by atoms with Gasteiger partial charge in [-0.05, 0) is 47.7 Å². The number of hydrogen-bond donors (Lipinski definition) is 1. The van der Waals surface area contributed by atoms with Crippen molar-refractivity contribution in [2.24, 2.45) is 5.92 Å². The Morgan fingerprint density at radius 2 is 2.08 bits per heavy atom. The maximum absolute atomic E-state index is 5.46. The fourth-order valence-corrected chi connectivity index (χ4v) is 2.15. The molecule has 1 aromatic rings. The summed E-state index contributed by atoms with van der Waals surface area (Å²) in [5.41, 5.74) is 1.43. The summed E-state index contributed by atoms with van der Waals surface area (Å²) in [4.78, 5) is 2.70. The molecule has 2 unspecified atom stereocenters. The third-order valence-corrected chi connectivity index (χ3v) is 3.24. The van der Waals surface area contributed by atoms with Gasteiger partial charge in [0, 0.05) is 11.0 Å². The SMILES string of the molecule is ClNCC1CC1c1ccc(Br)cc1. The van der Waals surface area contributed by atoms with Gasteiger partial charge < -0.3 is 0 Å². The van der Waals surface area contributed by atoms with Gasteiger partial charge in [-0.2, -0.15) is 0 Å². The van der Waals surface area contributed by atoms with Crippen LogP contribution in [-0.4, -0.2) is 6.54 Å². The third kappa shape index (κ3) is 2.25. The number of hydrogen-bond acceptors (Lipinski definition) is 1. The summed E-state index contributed by atoms with van der Waals surface area (Å²) in [6, 6.07) is 8.56. The Labute approximate surface area is 91.7 Å². The molecule has 1 saturated carbocycles. The Bertz CT molecular complexity index is 285. The van der Waals surface area contributed by atoms with E-state index in [4.69, 9.17) is 11.8 Å². The molecule has 1 nitrogen and oxygen atoms in total. The Morgan fingerprint density at radius 1 is 1.38 bits per heavy atom. The molecule has 0 heterocycles. The first-order chi connectivity index (χ1) is 6.31. The van der Waals surface area contributed by atoms with E-state index >= 15 is 0 Å². The molecule has 1 aromatic carbocycles. The van der Waals surface area contributed by atoms with Gasteiger partial charge in [0.1, 0.15) is 0 Å². The summed E-state index contributed by atoms with van der Waals surface area (Å²) in [7, 11) is 0. The number of halogens is 2. The largest absolute Gasteiger partial charge is 0.233 e. The quantitative estimate of drug-likeness (QED) is 0.822. The number of benzene rings is 1. The fraction of sp³-hybridized carbons (Fsp3) is 0.400. The topological polar surface area (TPSA) is 12.0 Å². The lowest BCUT2D eigenvalue weighted by molar-refractivity contribution is 0.766. The van der Waals surface area contributed by atoms with Crippen molar-refractivity contribution in [2.45, 2.75) is 12.3 Å². The van der Waals surface area contributed by atoms with Crippen LogP contribution in [0.25, 0.3) is 0 Å². The zero-order valence-corrected chi connectivity index (χ0v) is 9.48. The highest BCUT2D eigenvalue weighted by Gasteiger charge is 2.37. The average Bonchev–Trinajstić information content (AvgIpc) is 2.86. The molecule has 3 heteroatoms. The standard InChI is InChI=1S/C10H11BrClN/c11-9-3-1-7(2-4-9)10-5-8(10)6-13-12/h1-4,8,10,13H,5-6H2. The molecule has 0 bridgehead atoms. The van der Waals surface area contributed by atoms with Crippen LogP contribution < -0.4 is 4.84 Å². The van der Waals surface area contributed by atoms with Gasteiger partial charge in [0.05, 0.1) is 0 Å². The van der Waals surface area contributed by atoms with Crippen LogP contribution in [0.4, 0.5) is 0 Å². The van der Waals surface area contributed by atoms with Crippen molar-refractivity contribution >= 4 is 27.7 Å². The Hall–Kier alpha value is -0.0500. The van der Waals surface area contributed by atoms with Crippen molar-refractivity contribution in [3.63, 3.8) is 0 Å². The van der Waals surface area contributed by atoms with E-state index in [-0.39, 0.29) is 0 Å². The molecule has 13 heavy (non-hydrogen) atoms. The maximum Gasteiger partial charge on any atom is 0.0175 e. The molecule has 0 aliphatic heterocycles. The van der Waals surface area contributed by atoms with E-state index in [1.165, 1.54) is 12.0 Å². The van der Waals surface area contributed by atoms with E-state index in [0.29, 0.717) is 0 Å². The fourth-order valence-electron chi connectivity index (χ4n) is 1.69. The first-order valence-electron chi connectivity index (χ1n) is 4.40. The van der Waals surface area contributed by atoms with Gasteiger partial charge in [0.15, 0.2) is 0 Å². The van der Waals surface area contributed by atoms with Crippen molar-refractivity contribution in [3.8, 4) is 0 Å². The Balaban J connectivity index is 2.00. The molecule has 2 rings (SSSR count). The van der Waals surface area contributed by atoms with Gasteiger partial charge in [0.2, 0.25) is 0 Å². The van der Waals surface area contributed by atoms with Crippen LogP contribution in [0.2, 0.25) is 0 Å². The van der Waals surface area contributed by atoms with Crippen LogP contribution in [-0.2, 0) is 0 Å². The van der Waals surface area contributed by atoms with Crippen LogP contribution in [0.5, 0.6) is 0 Å². The second-order valence-corrected chi connectivity index (χ2v) is 4.67. The summed E-state index contributed by atoms with van der Waals surface area (Å²) in [6.45, 7) is 0.919. The normalized spacial score (nSPS) is 26.0. The predicted molar refractivity (Wildman–Crippen MR) is 58.8 cm³/mol. The van der Waals surface area contributed by atoms with E-state index in [2.05, 4.69) is 45.0 Å². The molecule has 1 aliphatic carbocycles. The third-order valence-electron chi connectivity index (χ3n) is 2.56. The summed E-state index contributed by atoms with van der Waals surface area (Å²) < 4.78 is 1.14. The summed E-state index contributed by atoms with van der Waals surface area (Å²) in [6.07, 6.45) is 1.27. The molecular formula is C10H11BrClN. The molecule has 0 amide bonds. The molecule has 1 fully saturated rings. The van der Waals surface area contributed by atoms with Crippen LogP contribution in [0.15, 0.2) is 28.7 Å². The lowest BCUT2D eigenvalue weighted by Crippen LogP contribution is -2.03. The predicted octanol–water partition coefficient (Wildman–Crippen LogP) is 3.30. The first-order valence-corrected chi connectivity index (χ1v) is 5.57. The summed E-state index contributed by atoms with van der Waals surface area (Å²) >= 11 is 8.88. The monoisotopic (exact) mass is 259 g/mol. The minimum absolute atomic E-state index is 0.722. The Kier molecular flexibility index (Phi) is 2.92. The van der Waals surface area contributed by atoms with Gasteiger partial charge in [0.25, 0.3) is 0 Å². The lowest BCUT2D eigenvalue weighted by Gasteiger charge is -1.99. The second kappa shape index (κ2) is 3.99. The van der Waals surface area contributed by atoms with Crippen LogP contribution in [0.1, 0.15) is 17.9 Å². The van der Waals surface area contributed by atoms with E-state index in [1.54, 1.807) is 0 Å². The smallest absolute Gasteiger partial charge is 0.0175 e.